The van der Waals surface area contributed by atoms with Crippen LogP contribution in [-0.2, 0) is 11.2 Å². The fourth-order valence-corrected chi connectivity index (χ4v) is 2.46. The average molecular weight is 269 g/mol. The normalized spacial score (nSPS) is 10.3. The minimum atomic E-state index is -0.815. The molecule has 104 valence electrons. The Bertz CT molecular complexity index is 624. The van der Waals surface area contributed by atoms with Gasteiger partial charge in [-0.3, -0.25) is 4.79 Å². The average Bonchev–Trinajstić information content (AvgIpc) is 2.33. The minimum absolute atomic E-state index is 0.0430. The Hall–Kier alpha value is -2.29. The Kier molecular flexibility index (Phi) is 4.08. The lowest BCUT2D eigenvalue weighted by Gasteiger charge is -2.14. The number of benzene rings is 2. The Labute approximate surface area is 119 Å². The largest absolute Gasteiger partial charge is 0.481 e. The van der Waals surface area contributed by atoms with Crippen molar-refractivity contribution >= 4 is 17.3 Å². The molecule has 3 nitrogen and oxygen atoms in total. The summed E-state index contributed by atoms with van der Waals surface area (Å²) in [6, 6.07) is 11.8. The van der Waals surface area contributed by atoms with Crippen molar-refractivity contribution in [3.05, 3.63) is 58.7 Å². The molecular weight excluding hydrogens is 250 g/mol. The topological polar surface area (TPSA) is 49.3 Å². The summed E-state index contributed by atoms with van der Waals surface area (Å²) < 4.78 is 0. The van der Waals surface area contributed by atoms with Crippen molar-refractivity contribution in [1.82, 2.24) is 0 Å². The quantitative estimate of drug-likeness (QED) is 0.882. The number of aliphatic carboxylic acids is 1. The zero-order valence-corrected chi connectivity index (χ0v) is 12.0. The lowest BCUT2D eigenvalue weighted by molar-refractivity contribution is -0.136. The van der Waals surface area contributed by atoms with Crippen molar-refractivity contribution in [2.45, 2.75) is 27.2 Å². The van der Waals surface area contributed by atoms with Gasteiger partial charge in [0.15, 0.2) is 0 Å². The first-order valence-corrected chi connectivity index (χ1v) is 6.61. The molecule has 0 heterocycles. The number of anilines is 2. The van der Waals surface area contributed by atoms with Gasteiger partial charge in [0.2, 0.25) is 0 Å². The molecule has 0 spiro atoms. The third-order valence-electron chi connectivity index (χ3n) is 3.23. The second kappa shape index (κ2) is 5.78. The van der Waals surface area contributed by atoms with Crippen molar-refractivity contribution in [2.75, 3.05) is 5.32 Å². The minimum Gasteiger partial charge on any atom is -0.481 e. The standard InChI is InChI=1S/C17H19NO2/c1-11-7-12(2)17(13(3)8-11)18-15-6-4-5-14(9-15)10-16(19)20/h4-9,18H,10H2,1-3H3,(H,19,20). The van der Waals surface area contributed by atoms with Crippen molar-refractivity contribution in [1.29, 1.82) is 0 Å². The van der Waals surface area contributed by atoms with Crippen LogP contribution in [0.25, 0.3) is 0 Å². The molecule has 0 saturated heterocycles. The van der Waals surface area contributed by atoms with Gasteiger partial charge in [0.25, 0.3) is 0 Å². The van der Waals surface area contributed by atoms with Gasteiger partial charge in [-0.1, -0.05) is 29.8 Å². The number of carboxylic acid groups (broad SMARTS) is 1. The molecule has 0 unspecified atom stereocenters. The van der Waals surface area contributed by atoms with Crippen LogP contribution in [0.1, 0.15) is 22.3 Å². The van der Waals surface area contributed by atoms with E-state index in [1.165, 1.54) is 16.7 Å². The van der Waals surface area contributed by atoms with E-state index in [-0.39, 0.29) is 6.42 Å². The predicted molar refractivity (Wildman–Crippen MR) is 81.7 cm³/mol. The molecule has 20 heavy (non-hydrogen) atoms. The van der Waals surface area contributed by atoms with Crippen LogP contribution in [-0.4, -0.2) is 11.1 Å². The van der Waals surface area contributed by atoms with Crippen LogP contribution >= 0.6 is 0 Å². The Morgan fingerprint density at radius 1 is 1.10 bits per heavy atom. The van der Waals surface area contributed by atoms with Crippen LogP contribution in [0.3, 0.4) is 0 Å². The first kappa shape index (κ1) is 14.1. The van der Waals surface area contributed by atoms with Crippen LogP contribution in [0, 0.1) is 20.8 Å². The summed E-state index contributed by atoms with van der Waals surface area (Å²) in [6.45, 7) is 6.23. The zero-order chi connectivity index (χ0) is 14.7. The van der Waals surface area contributed by atoms with E-state index in [1.807, 2.05) is 24.3 Å². The number of nitrogens with one attached hydrogen (secondary N) is 1. The summed E-state index contributed by atoms with van der Waals surface area (Å²) in [5, 5.41) is 12.2. The fraction of sp³-hybridized carbons (Fsp3) is 0.235. The van der Waals surface area contributed by atoms with Gasteiger partial charge in [-0.2, -0.15) is 0 Å². The number of carbonyl (C=O) groups is 1. The maximum absolute atomic E-state index is 10.8. The van der Waals surface area contributed by atoms with E-state index in [4.69, 9.17) is 5.11 Å². The second-order valence-electron chi connectivity index (χ2n) is 5.17. The zero-order valence-electron chi connectivity index (χ0n) is 12.0. The molecule has 2 aromatic rings. The molecule has 0 aliphatic heterocycles. The number of hydrogen-bond acceptors (Lipinski definition) is 2. The maximum atomic E-state index is 10.8. The molecule has 0 bridgehead atoms. The number of hydrogen-bond donors (Lipinski definition) is 2. The van der Waals surface area contributed by atoms with Crippen LogP contribution in [0.2, 0.25) is 0 Å². The summed E-state index contributed by atoms with van der Waals surface area (Å²) in [5.41, 5.74) is 6.41. The van der Waals surface area contributed by atoms with Gasteiger partial charge in [0, 0.05) is 11.4 Å². The van der Waals surface area contributed by atoms with Crippen molar-refractivity contribution in [2.24, 2.45) is 0 Å². The molecule has 2 rings (SSSR count). The molecule has 0 amide bonds. The maximum Gasteiger partial charge on any atom is 0.307 e. The molecule has 0 aliphatic rings. The van der Waals surface area contributed by atoms with Gasteiger partial charge in [-0.25, -0.2) is 0 Å². The van der Waals surface area contributed by atoms with E-state index in [0.29, 0.717) is 0 Å². The van der Waals surface area contributed by atoms with Gasteiger partial charge in [0.05, 0.1) is 6.42 Å². The van der Waals surface area contributed by atoms with Crippen molar-refractivity contribution in [3.8, 4) is 0 Å². The number of carboxylic acids is 1. The molecule has 2 aromatic carbocycles. The lowest BCUT2D eigenvalue weighted by atomic mass is 10.0. The lowest BCUT2D eigenvalue weighted by Crippen LogP contribution is -2.01. The summed E-state index contributed by atoms with van der Waals surface area (Å²) in [7, 11) is 0. The van der Waals surface area contributed by atoms with Crippen molar-refractivity contribution in [3.63, 3.8) is 0 Å². The molecule has 2 N–H and O–H groups in total. The summed E-state index contributed by atoms with van der Waals surface area (Å²) in [6.07, 6.45) is 0.0430. The smallest absolute Gasteiger partial charge is 0.307 e. The van der Waals surface area contributed by atoms with E-state index in [1.54, 1.807) is 0 Å². The van der Waals surface area contributed by atoms with Crippen LogP contribution in [0.15, 0.2) is 36.4 Å². The molecule has 0 fully saturated rings. The summed E-state index contributed by atoms with van der Waals surface area (Å²) >= 11 is 0. The molecule has 0 atom stereocenters. The molecule has 0 aromatic heterocycles. The van der Waals surface area contributed by atoms with Crippen molar-refractivity contribution < 1.29 is 9.90 Å². The SMILES string of the molecule is Cc1cc(C)c(Nc2cccc(CC(=O)O)c2)c(C)c1. The van der Waals surface area contributed by atoms with Crippen LogP contribution < -0.4 is 5.32 Å². The molecule has 0 aliphatic carbocycles. The third kappa shape index (κ3) is 3.38. The highest BCUT2D eigenvalue weighted by molar-refractivity contribution is 5.72. The molecule has 3 heteroatoms. The number of aryl methyl sites for hydroxylation is 3. The van der Waals surface area contributed by atoms with E-state index in [2.05, 4.69) is 38.2 Å². The second-order valence-corrected chi connectivity index (χ2v) is 5.17. The van der Waals surface area contributed by atoms with E-state index in [0.717, 1.165) is 16.9 Å². The third-order valence-corrected chi connectivity index (χ3v) is 3.23. The van der Waals surface area contributed by atoms with Crippen LogP contribution in [0.4, 0.5) is 11.4 Å². The van der Waals surface area contributed by atoms with Gasteiger partial charge >= 0.3 is 5.97 Å². The van der Waals surface area contributed by atoms with Gasteiger partial charge in [0.1, 0.15) is 0 Å². The fourth-order valence-electron chi connectivity index (χ4n) is 2.46. The number of rotatable bonds is 4. The molecule has 0 saturated carbocycles. The monoisotopic (exact) mass is 269 g/mol. The molecule has 0 radical (unpaired) electrons. The highest BCUT2D eigenvalue weighted by Crippen LogP contribution is 2.26. The highest BCUT2D eigenvalue weighted by atomic mass is 16.4. The Morgan fingerprint density at radius 2 is 1.75 bits per heavy atom. The Morgan fingerprint density at radius 3 is 2.35 bits per heavy atom. The van der Waals surface area contributed by atoms with E-state index < -0.39 is 5.97 Å². The van der Waals surface area contributed by atoms with Crippen LogP contribution in [0.5, 0.6) is 0 Å². The van der Waals surface area contributed by atoms with E-state index >= 15 is 0 Å². The highest BCUT2D eigenvalue weighted by Gasteiger charge is 2.06. The molecular formula is C17H19NO2. The summed E-state index contributed by atoms with van der Waals surface area (Å²) in [5.74, 6) is -0.815. The predicted octanol–water partition coefficient (Wildman–Crippen LogP) is 3.98. The van der Waals surface area contributed by atoms with Gasteiger partial charge in [-0.05, 0) is 49.6 Å². The first-order chi connectivity index (χ1) is 9.45. The summed E-state index contributed by atoms with van der Waals surface area (Å²) in [4.78, 5) is 10.8. The van der Waals surface area contributed by atoms with Gasteiger partial charge in [-0.15, -0.1) is 0 Å². The van der Waals surface area contributed by atoms with Gasteiger partial charge < -0.3 is 10.4 Å². The van der Waals surface area contributed by atoms with E-state index in [9.17, 15) is 4.79 Å². The Balaban J connectivity index is 2.28. The first-order valence-electron chi connectivity index (χ1n) is 6.61.